The SMILES string of the molecule is CN=C(NCC1CCCc2ccccc21)N(C)CC1CCOC1. The van der Waals surface area contributed by atoms with Crippen molar-refractivity contribution < 1.29 is 4.74 Å². The third-order valence-electron chi connectivity index (χ3n) is 5.13. The number of rotatable bonds is 4. The number of nitrogens with one attached hydrogen (secondary N) is 1. The topological polar surface area (TPSA) is 36.9 Å². The third kappa shape index (κ3) is 4.05. The Kier molecular flexibility index (Phi) is 5.55. The van der Waals surface area contributed by atoms with Crippen LogP contribution in [0.2, 0.25) is 0 Å². The molecule has 0 saturated carbocycles. The van der Waals surface area contributed by atoms with Crippen LogP contribution in [0.5, 0.6) is 0 Å². The molecule has 1 N–H and O–H groups in total. The lowest BCUT2D eigenvalue weighted by molar-refractivity contribution is 0.181. The zero-order valence-electron chi connectivity index (χ0n) is 14.4. The third-order valence-corrected chi connectivity index (χ3v) is 5.13. The molecule has 0 radical (unpaired) electrons. The van der Waals surface area contributed by atoms with Crippen molar-refractivity contribution in [2.75, 3.05) is 40.4 Å². The van der Waals surface area contributed by atoms with Crippen LogP contribution in [0.15, 0.2) is 29.3 Å². The van der Waals surface area contributed by atoms with Crippen LogP contribution in [0.4, 0.5) is 0 Å². The molecular formula is C19H29N3O. The van der Waals surface area contributed by atoms with Crippen LogP contribution < -0.4 is 5.32 Å². The highest BCUT2D eigenvalue weighted by Crippen LogP contribution is 2.30. The van der Waals surface area contributed by atoms with Gasteiger partial charge in [-0.2, -0.15) is 0 Å². The van der Waals surface area contributed by atoms with Crippen LogP contribution in [0.3, 0.4) is 0 Å². The first kappa shape index (κ1) is 16.3. The van der Waals surface area contributed by atoms with Gasteiger partial charge in [0.15, 0.2) is 5.96 Å². The summed E-state index contributed by atoms with van der Waals surface area (Å²) in [6.45, 7) is 3.77. The van der Waals surface area contributed by atoms with Crippen molar-refractivity contribution in [2.45, 2.75) is 31.6 Å². The molecule has 0 spiro atoms. The maximum absolute atomic E-state index is 5.48. The Hall–Kier alpha value is -1.55. The number of guanidine groups is 1. The first-order valence-electron chi connectivity index (χ1n) is 8.85. The first-order chi connectivity index (χ1) is 11.3. The number of fused-ring (bicyclic) bond motifs is 1. The summed E-state index contributed by atoms with van der Waals surface area (Å²) in [7, 11) is 4.00. The number of hydrogen-bond donors (Lipinski definition) is 1. The van der Waals surface area contributed by atoms with E-state index < -0.39 is 0 Å². The minimum atomic E-state index is 0.597. The molecule has 0 amide bonds. The molecular weight excluding hydrogens is 286 g/mol. The lowest BCUT2D eigenvalue weighted by Crippen LogP contribution is -2.43. The second-order valence-electron chi connectivity index (χ2n) is 6.83. The van der Waals surface area contributed by atoms with E-state index >= 15 is 0 Å². The van der Waals surface area contributed by atoms with E-state index in [2.05, 4.69) is 46.5 Å². The number of benzene rings is 1. The summed E-state index contributed by atoms with van der Waals surface area (Å²) in [5.74, 6) is 2.23. The van der Waals surface area contributed by atoms with Gasteiger partial charge in [-0.25, -0.2) is 0 Å². The van der Waals surface area contributed by atoms with Gasteiger partial charge in [0.05, 0.1) is 6.61 Å². The second kappa shape index (κ2) is 7.82. The highest BCUT2D eigenvalue weighted by atomic mass is 16.5. The van der Waals surface area contributed by atoms with Crippen LogP contribution in [-0.2, 0) is 11.2 Å². The number of aliphatic imine (C=N–C) groups is 1. The summed E-state index contributed by atoms with van der Waals surface area (Å²) in [6, 6.07) is 8.90. The van der Waals surface area contributed by atoms with Gasteiger partial charge in [-0.1, -0.05) is 24.3 Å². The standard InChI is InChI=1S/C19H29N3O/c1-20-19(22(2)13-15-10-11-23-14-15)21-12-17-8-5-7-16-6-3-4-9-18(16)17/h3-4,6,9,15,17H,5,7-8,10-14H2,1-2H3,(H,20,21). The highest BCUT2D eigenvalue weighted by molar-refractivity contribution is 5.79. The van der Waals surface area contributed by atoms with Crippen molar-refractivity contribution in [2.24, 2.45) is 10.9 Å². The largest absolute Gasteiger partial charge is 0.381 e. The minimum Gasteiger partial charge on any atom is -0.381 e. The predicted octanol–water partition coefficient (Wildman–Crippen LogP) is 2.65. The summed E-state index contributed by atoms with van der Waals surface area (Å²) in [6.07, 6.45) is 4.94. The Morgan fingerprint density at radius 1 is 1.35 bits per heavy atom. The Morgan fingerprint density at radius 3 is 3.00 bits per heavy atom. The van der Waals surface area contributed by atoms with Gasteiger partial charge < -0.3 is 15.0 Å². The molecule has 1 aliphatic heterocycles. The van der Waals surface area contributed by atoms with E-state index in [1.807, 2.05) is 7.05 Å². The van der Waals surface area contributed by atoms with Gasteiger partial charge in [0.25, 0.3) is 0 Å². The van der Waals surface area contributed by atoms with Gasteiger partial charge in [0.1, 0.15) is 0 Å². The lowest BCUT2D eigenvalue weighted by atomic mass is 9.83. The molecule has 1 aromatic carbocycles. The fourth-order valence-electron chi connectivity index (χ4n) is 3.87. The van der Waals surface area contributed by atoms with Crippen molar-refractivity contribution in [1.29, 1.82) is 0 Å². The second-order valence-corrected chi connectivity index (χ2v) is 6.83. The number of hydrogen-bond acceptors (Lipinski definition) is 2. The normalized spacial score (nSPS) is 24.3. The molecule has 0 aromatic heterocycles. The Balaban J connectivity index is 1.56. The van der Waals surface area contributed by atoms with Crippen LogP contribution in [-0.4, -0.2) is 51.3 Å². The summed E-state index contributed by atoms with van der Waals surface area (Å²) in [4.78, 5) is 6.71. The maximum Gasteiger partial charge on any atom is 0.193 e. The molecule has 1 fully saturated rings. The highest BCUT2D eigenvalue weighted by Gasteiger charge is 2.22. The predicted molar refractivity (Wildman–Crippen MR) is 95.0 cm³/mol. The first-order valence-corrected chi connectivity index (χ1v) is 8.85. The van der Waals surface area contributed by atoms with E-state index in [1.165, 1.54) is 30.4 Å². The maximum atomic E-state index is 5.48. The molecule has 1 saturated heterocycles. The van der Waals surface area contributed by atoms with E-state index in [0.29, 0.717) is 11.8 Å². The molecule has 1 heterocycles. The van der Waals surface area contributed by atoms with Gasteiger partial charge in [-0.3, -0.25) is 4.99 Å². The van der Waals surface area contributed by atoms with Crippen molar-refractivity contribution in [3.8, 4) is 0 Å². The number of nitrogens with zero attached hydrogens (tertiary/aromatic N) is 2. The molecule has 4 heteroatoms. The van der Waals surface area contributed by atoms with Crippen molar-refractivity contribution in [1.82, 2.24) is 10.2 Å². The van der Waals surface area contributed by atoms with Crippen molar-refractivity contribution in [3.63, 3.8) is 0 Å². The van der Waals surface area contributed by atoms with Crippen LogP contribution >= 0.6 is 0 Å². The Bertz CT molecular complexity index is 537. The van der Waals surface area contributed by atoms with Crippen LogP contribution in [0.1, 0.15) is 36.3 Å². The molecule has 2 atom stereocenters. The summed E-state index contributed by atoms with van der Waals surface area (Å²) in [5, 5.41) is 3.59. The summed E-state index contributed by atoms with van der Waals surface area (Å²) in [5.41, 5.74) is 3.05. The van der Waals surface area contributed by atoms with Gasteiger partial charge in [0.2, 0.25) is 0 Å². The average Bonchev–Trinajstić information content (AvgIpc) is 3.08. The van der Waals surface area contributed by atoms with Crippen molar-refractivity contribution in [3.05, 3.63) is 35.4 Å². The van der Waals surface area contributed by atoms with Gasteiger partial charge in [-0.05, 0) is 36.8 Å². The summed E-state index contributed by atoms with van der Waals surface area (Å²) < 4.78 is 5.48. The van der Waals surface area contributed by atoms with E-state index in [-0.39, 0.29) is 0 Å². The molecule has 0 bridgehead atoms. The fraction of sp³-hybridized carbons (Fsp3) is 0.632. The van der Waals surface area contributed by atoms with E-state index in [0.717, 1.165) is 38.7 Å². The lowest BCUT2D eigenvalue weighted by Gasteiger charge is -2.29. The molecule has 1 aliphatic carbocycles. The van der Waals surface area contributed by atoms with Crippen molar-refractivity contribution >= 4 is 5.96 Å². The monoisotopic (exact) mass is 315 g/mol. The Labute approximate surface area is 139 Å². The average molecular weight is 315 g/mol. The smallest absolute Gasteiger partial charge is 0.193 e. The molecule has 3 rings (SSSR count). The zero-order valence-corrected chi connectivity index (χ0v) is 14.4. The molecule has 2 unspecified atom stereocenters. The van der Waals surface area contributed by atoms with Crippen LogP contribution in [0.25, 0.3) is 0 Å². The van der Waals surface area contributed by atoms with E-state index in [4.69, 9.17) is 4.74 Å². The van der Waals surface area contributed by atoms with Crippen LogP contribution in [0, 0.1) is 5.92 Å². The molecule has 23 heavy (non-hydrogen) atoms. The molecule has 1 aromatic rings. The quantitative estimate of drug-likeness (QED) is 0.685. The Morgan fingerprint density at radius 2 is 2.22 bits per heavy atom. The number of aryl methyl sites for hydroxylation is 1. The minimum absolute atomic E-state index is 0.597. The summed E-state index contributed by atoms with van der Waals surface area (Å²) >= 11 is 0. The molecule has 4 nitrogen and oxygen atoms in total. The molecule has 126 valence electrons. The number of ether oxygens (including phenoxy) is 1. The zero-order chi connectivity index (χ0) is 16.1. The van der Waals surface area contributed by atoms with Gasteiger partial charge in [-0.15, -0.1) is 0 Å². The van der Waals surface area contributed by atoms with Gasteiger partial charge in [0, 0.05) is 45.6 Å². The fourth-order valence-corrected chi connectivity index (χ4v) is 3.87. The molecule has 2 aliphatic rings. The van der Waals surface area contributed by atoms with Gasteiger partial charge >= 0.3 is 0 Å². The van der Waals surface area contributed by atoms with E-state index in [1.54, 1.807) is 0 Å². The van der Waals surface area contributed by atoms with E-state index in [9.17, 15) is 0 Å².